The fourth-order valence-electron chi connectivity index (χ4n) is 14.3. The van der Waals surface area contributed by atoms with Crippen molar-refractivity contribution in [2.75, 3.05) is 9.80 Å². The Bertz CT molecular complexity index is 2930. The minimum absolute atomic E-state index is 0.542. The van der Waals surface area contributed by atoms with Gasteiger partial charge in [0.25, 0.3) is 0 Å². The maximum atomic E-state index is 2.68. The van der Waals surface area contributed by atoms with Crippen molar-refractivity contribution in [3.8, 4) is 0 Å². The second-order valence-corrected chi connectivity index (χ2v) is 35.3. The van der Waals surface area contributed by atoms with Gasteiger partial charge in [0.05, 0.1) is 27.5 Å². The average molecular weight is 982 g/mol. The highest BCUT2D eigenvalue weighted by molar-refractivity contribution is 6.89. The summed E-state index contributed by atoms with van der Waals surface area (Å²) in [6, 6.07) is 54.9. The Hall–Kier alpha value is -5.17. The van der Waals surface area contributed by atoms with Gasteiger partial charge in [-0.25, -0.2) is 0 Å². The first-order valence-corrected chi connectivity index (χ1v) is 35.8. The molecule has 4 heteroatoms. The standard InChI is InChI=1S/C68H80N2Si2/c1-71(2,3)57-37-33-55(34-38-57)69(53-29-25-49(26-30-53)47-17-13-14-18-47)65-45-63(51-21-9-7-10-22-51)59-42-44-62-66(46-64(52-23-11-8-12-24-52)60-41-43-61(65)67(59)68(60)62)70(56-35-39-58(40-36-56)72(4,5)6)54-31-27-50(28-32-54)48-19-15-16-20-48/h25-48,51-52H,7-24H2,1-6H3. The van der Waals surface area contributed by atoms with Crippen LogP contribution in [0.3, 0.4) is 0 Å². The van der Waals surface area contributed by atoms with Gasteiger partial charge in [-0.3, -0.25) is 0 Å². The maximum absolute atomic E-state index is 2.68. The summed E-state index contributed by atoms with van der Waals surface area (Å²) < 4.78 is 0. The molecule has 0 spiro atoms. The van der Waals surface area contributed by atoms with E-state index in [1.807, 2.05) is 0 Å². The van der Waals surface area contributed by atoms with Gasteiger partial charge in [-0.1, -0.05) is 187 Å². The van der Waals surface area contributed by atoms with E-state index in [-0.39, 0.29) is 0 Å². The molecule has 72 heavy (non-hydrogen) atoms. The third kappa shape index (κ3) is 9.05. The predicted molar refractivity (Wildman–Crippen MR) is 320 cm³/mol. The van der Waals surface area contributed by atoms with Crippen LogP contribution in [0.25, 0.3) is 32.3 Å². The summed E-state index contributed by atoms with van der Waals surface area (Å²) in [4.78, 5) is 5.32. The molecule has 0 radical (unpaired) electrons. The summed E-state index contributed by atoms with van der Waals surface area (Å²) >= 11 is 0. The smallest absolute Gasteiger partial charge is 0.0775 e. The molecule has 0 amide bonds. The largest absolute Gasteiger partial charge is 0.310 e. The molecular formula is C68H80N2Si2. The van der Waals surface area contributed by atoms with Crippen molar-refractivity contribution in [2.24, 2.45) is 0 Å². The van der Waals surface area contributed by atoms with Crippen LogP contribution >= 0.6 is 0 Å². The first-order chi connectivity index (χ1) is 35.0. The van der Waals surface area contributed by atoms with Crippen molar-refractivity contribution in [1.29, 1.82) is 0 Å². The lowest BCUT2D eigenvalue weighted by Crippen LogP contribution is -2.37. The van der Waals surface area contributed by atoms with Crippen molar-refractivity contribution in [2.45, 2.75) is 179 Å². The zero-order valence-corrected chi connectivity index (χ0v) is 46.6. The van der Waals surface area contributed by atoms with Gasteiger partial charge in [-0.2, -0.15) is 0 Å². The van der Waals surface area contributed by atoms with E-state index in [2.05, 4.69) is 183 Å². The number of hydrogen-bond acceptors (Lipinski definition) is 2. The van der Waals surface area contributed by atoms with Crippen molar-refractivity contribution < 1.29 is 0 Å². The maximum Gasteiger partial charge on any atom is 0.0775 e. The summed E-state index contributed by atoms with van der Waals surface area (Å²) in [7, 11) is -3.03. The molecule has 0 bridgehead atoms. The Kier molecular flexibility index (Phi) is 13.0. The Morgan fingerprint density at radius 3 is 0.903 bits per heavy atom. The summed E-state index contributed by atoms with van der Waals surface area (Å²) in [5.41, 5.74) is 13.8. The van der Waals surface area contributed by atoms with Gasteiger partial charge in [-0.15, -0.1) is 0 Å². The Balaban J connectivity index is 1.14. The number of benzene rings is 8. The van der Waals surface area contributed by atoms with Gasteiger partial charge in [-0.05, 0) is 180 Å². The molecule has 0 atom stereocenters. The molecule has 2 nitrogen and oxygen atoms in total. The monoisotopic (exact) mass is 981 g/mol. The van der Waals surface area contributed by atoms with Crippen LogP contribution < -0.4 is 20.2 Å². The van der Waals surface area contributed by atoms with Crippen LogP contribution in [0, 0.1) is 0 Å². The van der Waals surface area contributed by atoms with Crippen LogP contribution in [-0.2, 0) is 0 Å². The first kappa shape index (κ1) is 47.8. The lowest BCUT2D eigenvalue weighted by atomic mass is 9.77. The molecule has 4 saturated carbocycles. The molecule has 4 aliphatic carbocycles. The summed E-state index contributed by atoms with van der Waals surface area (Å²) in [5, 5.41) is 11.7. The van der Waals surface area contributed by atoms with Crippen LogP contribution in [0.15, 0.2) is 133 Å². The summed E-state index contributed by atoms with van der Waals surface area (Å²) in [6.45, 7) is 14.9. The molecule has 12 rings (SSSR count). The highest BCUT2D eigenvalue weighted by Gasteiger charge is 2.31. The van der Waals surface area contributed by atoms with Gasteiger partial charge in [0, 0.05) is 33.5 Å². The summed E-state index contributed by atoms with van der Waals surface area (Å²) in [6.07, 6.45) is 23.7. The van der Waals surface area contributed by atoms with Crippen molar-refractivity contribution in [1.82, 2.24) is 0 Å². The molecule has 0 saturated heterocycles. The second-order valence-electron chi connectivity index (χ2n) is 25.1. The molecule has 4 fully saturated rings. The fourth-order valence-corrected chi connectivity index (χ4v) is 16.6. The topological polar surface area (TPSA) is 6.48 Å². The molecule has 4 aliphatic rings. The Morgan fingerprint density at radius 1 is 0.306 bits per heavy atom. The molecule has 0 N–H and O–H groups in total. The third-order valence-electron chi connectivity index (χ3n) is 18.4. The summed E-state index contributed by atoms with van der Waals surface area (Å²) in [5.74, 6) is 2.46. The van der Waals surface area contributed by atoms with Gasteiger partial charge in [0.1, 0.15) is 0 Å². The van der Waals surface area contributed by atoms with E-state index < -0.39 is 16.1 Å². The predicted octanol–water partition coefficient (Wildman–Crippen LogP) is 20.0. The zero-order valence-electron chi connectivity index (χ0n) is 44.6. The van der Waals surface area contributed by atoms with Gasteiger partial charge < -0.3 is 9.80 Å². The van der Waals surface area contributed by atoms with Crippen molar-refractivity contribution in [3.63, 3.8) is 0 Å². The van der Waals surface area contributed by atoms with E-state index in [4.69, 9.17) is 0 Å². The molecule has 8 aromatic carbocycles. The van der Waals surface area contributed by atoms with E-state index >= 15 is 0 Å². The molecule has 8 aromatic rings. The van der Waals surface area contributed by atoms with Crippen molar-refractivity contribution >= 4 is 93.0 Å². The highest BCUT2D eigenvalue weighted by atomic mass is 28.3. The van der Waals surface area contributed by atoms with Crippen LogP contribution in [0.5, 0.6) is 0 Å². The molecule has 0 heterocycles. The second kappa shape index (κ2) is 19.6. The first-order valence-electron chi connectivity index (χ1n) is 28.8. The highest BCUT2D eigenvalue weighted by Crippen LogP contribution is 2.53. The van der Waals surface area contributed by atoms with Gasteiger partial charge in [0.15, 0.2) is 0 Å². The third-order valence-corrected chi connectivity index (χ3v) is 22.6. The molecule has 0 aromatic heterocycles. The lowest BCUT2D eigenvalue weighted by molar-refractivity contribution is 0.445. The molecule has 370 valence electrons. The van der Waals surface area contributed by atoms with Crippen LogP contribution in [0.2, 0.25) is 39.3 Å². The molecule has 0 unspecified atom stereocenters. The number of hydrogen-bond donors (Lipinski definition) is 0. The van der Waals surface area contributed by atoms with E-state index in [0.717, 1.165) is 0 Å². The number of nitrogens with zero attached hydrogens (tertiary/aromatic N) is 2. The number of rotatable bonds is 12. The van der Waals surface area contributed by atoms with E-state index in [9.17, 15) is 0 Å². The lowest BCUT2D eigenvalue weighted by Gasteiger charge is -2.33. The van der Waals surface area contributed by atoms with E-state index in [1.165, 1.54) is 204 Å². The SMILES string of the molecule is C[Si](C)(C)c1ccc(N(c2ccc(C3CCCC3)cc2)c2cc(C3CCCCC3)c3ccc4c(N(c5ccc(C6CCCC6)cc5)c5ccc([Si](C)(C)C)cc5)cc(C5CCCCC5)c5ccc2c3c54)cc1. The molecule has 0 aliphatic heterocycles. The minimum atomic E-state index is -1.52. The van der Waals surface area contributed by atoms with Gasteiger partial charge in [0.2, 0.25) is 0 Å². The van der Waals surface area contributed by atoms with Crippen LogP contribution in [-0.4, -0.2) is 16.1 Å². The molecular weight excluding hydrogens is 901 g/mol. The Labute approximate surface area is 434 Å². The number of anilines is 6. The van der Waals surface area contributed by atoms with Gasteiger partial charge >= 0.3 is 0 Å². The fraction of sp³-hybridized carbons (Fsp3) is 0.412. The normalized spacial score (nSPS) is 18.0. The van der Waals surface area contributed by atoms with Crippen LogP contribution in [0.4, 0.5) is 34.1 Å². The minimum Gasteiger partial charge on any atom is -0.310 e. The van der Waals surface area contributed by atoms with E-state index in [1.54, 1.807) is 11.1 Å². The quantitative estimate of drug-likeness (QED) is 0.0889. The van der Waals surface area contributed by atoms with E-state index in [0.29, 0.717) is 23.7 Å². The average Bonchev–Trinajstić information content (AvgIpc) is 4.16. The Morgan fingerprint density at radius 2 is 0.583 bits per heavy atom. The van der Waals surface area contributed by atoms with Crippen LogP contribution in [0.1, 0.15) is 162 Å². The van der Waals surface area contributed by atoms with Crippen molar-refractivity contribution in [3.05, 3.63) is 156 Å². The zero-order chi connectivity index (χ0) is 49.1.